The molecule has 0 N–H and O–H groups in total. The van der Waals surface area contributed by atoms with Gasteiger partial charge in [0.15, 0.2) is 10.0 Å². The van der Waals surface area contributed by atoms with Crippen LogP contribution < -0.4 is 0 Å². The first-order valence-corrected chi connectivity index (χ1v) is 10.7. The number of alkyl halides is 3. The predicted octanol–water partition coefficient (Wildman–Crippen LogP) is 4.09. The van der Waals surface area contributed by atoms with E-state index in [9.17, 15) is 30.0 Å². The molecule has 0 spiro atoms. The maximum Gasteiger partial charge on any atom is 0.480 e. The molecule has 0 aliphatic carbocycles. The molecule has 3 aromatic rings. The number of aryl methyl sites for hydroxylation is 1. The second-order valence-electron chi connectivity index (χ2n) is 5.83. The van der Waals surface area contributed by atoms with Crippen molar-refractivity contribution in [1.82, 2.24) is 0 Å². The second-order valence-corrected chi connectivity index (χ2v) is 9.41. The second kappa shape index (κ2) is 6.77. The molecule has 0 saturated carbocycles. The molecular weight excluding hydrogens is 403 g/mol. The summed E-state index contributed by atoms with van der Waals surface area (Å²) in [5.74, 6) is -0.861. The van der Waals surface area contributed by atoms with Crippen LogP contribution in [0.5, 0.6) is 0 Å². The van der Waals surface area contributed by atoms with Crippen molar-refractivity contribution < 1.29 is 30.0 Å². The van der Waals surface area contributed by atoms with Gasteiger partial charge in [-0.15, -0.1) is 0 Å². The largest absolute Gasteiger partial charge is 0.480 e. The van der Waals surface area contributed by atoms with Gasteiger partial charge in [0, 0.05) is 5.75 Å². The number of sulfonamides is 2. The van der Waals surface area contributed by atoms with E-state index in [4.69, 9.17) is 0 Å². The van der Waals surface area contributed by atoms with Gasteiger partial charge in [0.1, 0.15) is 0 Å². The highest BCUT2D eigenvalue weighted by atomic mass is 32.3. The lowest BCUT2D eigenvalue weighted by atomic mass is 9.95. The van der Waals surface area contributed by atoms with Gasteiger partial charge in [-0.05, 0) is 39.6 Å². The summed E-state index contributed by atoms with van der Waals surface area (Å²) in [6, 6.07) is 16.3. The van der Waals surface area contributed by atoms with Crippen LogP contribution in [0.2, 0.25) is 0 Å². The minimum atomic E-state index is -6.11. The van der Waals surface area contributed by atoms with E-state index in [0.29, 0.717) is 5.56 Å². The van der Waals surface area contributed by atoms with E-state index >= 15 is 0 Å². The van der Waals surface area contributed by atoms with Crippen LogP contribution in [0.1, 0.15) is 5.56 Å². The fourth-order valence-corrected chi connectivity index (χ4v) is 5.13. The van der Waals surface area contributed by atoms with E-state index in [-0.39, 0.29) is 6.42 Å². The Morgan fingerprint density at radius 1 is 0.815 bits per heavy atom. The molecule has 0 fully saturated rings. The van der Waals surface area contributed by atoms with E-state index in [1.165, 1.54) is 0 Å². The third kappa shape index (κ3) is 4.07. The zero-order valence-electron chi connectivity index (χ0n) is 13.6. The molecule has 3 rings (SSSR count). The lowest BCUT2D eigenvalue weighted by Gasteiger charge is -2.22. The SMILES string of the molecule is O=S(=O)(CCc1c2ccccc2cc2ccccc12)[N-]S(=O)(=O)C(F)(F)F. The first kappa shape index (κ1) is 19.6. The molecule has 0 heterocycles. The maximum absolute atomic E-state index is 12.4. The minimum Gasteiger partial charge on any atom is -0.428 e. The first-order valence-electron chi connectivity index (χ1n) is 7.68. The zero-order chi connectivity index (χ0) is 19.9. The molecule has 10 heteroatoms. The van der Waals surface area contributed by atoms with Crippen molar-refractivity contribution in [3.8, 4) is 0 Å². The van der Waals surface area contributed by atoms with Gasteiger partial charge in [0.05, 0.1) is 10.0 Å². The Balaban J connectivity index is 1.99. The third-order valence-electron chi connectivity index (χ3n) is 4.00. The van der Waals surface area contributed by atoms with Crippen molar-refractivity contribution in [1.29, 1.82) is 0 Å². The van der Waals surface area contributed by atoms with Crippen LogP contribution in [0, 0.1) is 0 Å². The van der Waals surface area contributed by atoms with Crippen LogP contribution in [0.3, 0.4) is 0 Å². The molecule has 3 aromatic carbocycles. The molecular formula is C17H13F3NO4S2-. The molecule has 144 valence electrons. The van der Waals surface area contributed by atoms with Gasteiger partial charge in [-0.1, -0.05) is 48.5 Å². The predicted molar refractivity (Wildman–Crippen MR) is 97.3 cm³/mol. The lowest BCUT2D eigenvalue weighted by molar-refractivity contribution is -0.0425. The quantitative estimate of drug-likeness (QED) is 0.587. The lowest BCUT2D eigenvalue weighted by Crippen LogP contribution is -2.25. The van der Waals surface area contributed by atoms with Crippen LogP contribution in [0.4, 0.5) is 13.2 Å². The maximum atomic E-state index is 12.4. The molecule has 0 atom stereocenters. The number of hydrogen-bond donors (Lipinski definition) is 0. The minimum absolute atomic E-state index is 0.179. The molecule has 0 aromatic heterocycles. The first-order chi connectivity index (χ1) is 12.5. The van der Waals surface area contributed by atoms with Crippen LogP contribution in [-0.2, 0) is 26.5 Å². The number of nitrogens with zero attached hydrogens (tertiary/aromatic N) is 1. The molecule has 0 aliphatic rings. The summed E-state index contributed by atoms with van der Waals surface area (Å²) in [6.07, 6.45) is -0.179. The topological polar surface area (TPSA) is 82.4 Å². The third-order valence-corrected chi connectivity index (χ3v) is 7.00. The Morgan fingerprint density at radius 2 is 1.30 bits per heavy atom. The molecule has 0 saturated heterocycles. The molecule has 0 radical (unpaired) electrons. The van der Waals surface area contributed by atoms with Gasteiger partial charge in [-0.25, -0.2) is 16.8 Å². The van der Waals surface area contributed by atoms with E-state index in [0.717, 1.165) is 21.5 Å². The van der Waals surface area contributed by atoms with E-state index in [1.54, 1.807) is 24.3 Å². The summed E-state index contributed by atoms with van der Waals surface area (Å²) in [7, 11) is -10.9. The Hall–Kier alpha value is -2.17. The summed E-state index contributed by atoms with van der Waals surface area (Å²) < 4.78 is 85.1. The van der Waals surface area contributed by atoms with Crippen molar-refractivity contribution in [3.05, 3.63) is 64.3 Å². The monoisotopic (exact) mass is 416 g/mol. The summed E-state index contributed by atoms with van der Waals surface area (Å²) in [5.41, 5.74) is -5.15. The van der Waals surface area contributed by atoms with Crippen LogP contribution in [-0.4, -0.2) is 28.1 Å². The van der Waals surface area contributed by atoms with Crippen molar-refractivity contribution in [2.45, 2.75) is 11.9 Å². The van der Waals surface area contributed by atoms with E-state index in [2.05, 4.69) is 4.13 Å². The van der Waals surface area contributed by atoms with Gasteiger partial charge in [0.2, 0.25) is 0 Å². The van der Waals surface area contributed by atoms with Crippen molar-refractivity contribution >= 4 is 41.6 Å². The van der Waals surface area contributed by atoms with Gasteiger partial charge in [-0.2, -0.15) is 13.2 Å². The number of rotatable bonds is 5. The van der Waals surface area contributed by atoms with Gasteiger partial charge in [0.25, 0.3) is 0 Å². The Labute approximate surface area is 153 Å². The van der Waals surface area contributed by atoms with Gasteiger partial charge < -0.3 is 4.13 Å². The van der Waals surface area contributed by atoms with Gasteiger partial charge >= 0.3 is 5.51 Å². The number of halogens is 3. The summed E-state index contributed by atoms with van der Waals surface area (Å²) in [5, 5.41) is 3.15. The highest BCUT2D eigenvalue weighted by molar-refractivity contribution is 8.12. The summed E-state index contributed by atoms with van der Waals surface area (Å²) in [4.78, 5) is 0. The fourth-order valence-electron chi connectivity index (χ4n) is 2.84. The van der Waals surface area contributed by atoms with E-state index < -0.39 is 31.3 Å². The number of benzene rings is 3. The van der Waals surface area contributed by atoms with Crippen LogP contribution in [0.25, 0.3) is 25.7 Å². The fraction of sp³-hybridized carbons (Fsp3) is 0.176. The summed E-state index contributed by atoms with van der Waals surface area (Å²) >= 11 is 0. The Bertz CT molecular complexity index is 1170. The highest BCUT2D eigenvalue weighted by Gasteiger charge is 2.40. The smallest absolute Gasteiger partial charge is 0.428 e. The molecule has 5 nitrogen and oxygen atoms in total. The zero-order valence-corrected chi connectivity index (χ0v) is 15.3. The Kier molecular flexibility index (Phi) is 4.91. The molecule has 0 amide bonds. The van der Waals surface area contributed by atoms with Crippen LogP contribution >= 0.6 is 0 Å². The van der Waals surface area contributed by atoms with Gasteiger partial charge in [-0.3, -0.25) is 0 Å². The number of hydrogen-bond acceptors (Lipinski definition) is 4. The van der Waals surface area contributed by atoms with E-state index in [1.807, 2.05) is 30.3 Å². The highest BCUT2D eigenvalue weighted by Crippen LogP contribution is 2.32. The molecule has 27 heavy (non-hydrogen) atoms. The Morgan fingerprint density at radius 3 is 1.78 bits per heavy atom. The van der Waals surface area contributed by atoms with Crippen molar-refractivity contribution in [3.63, 3.8) is 0 Å². The average Bonchev–Trinajstić information content (AvgIpc) is 2.56. The molecule has 0 aliphatic heterocycles. The molecule has 0 unspecified atom stereocenters. The summed E-state index contributed by atoms with van der Waals surface area (Å²) in [6.45, 7) is 0. The van der Waals surface area contributed by atoms with Crippen molar-refractivity contribution in [2.24, 2.45) is 0 Å². The number of fused-ring (bicyclic) bond motifs is 2. The van der Waals surface area contributed by atoms with Crippen LogP contribution in [0.15, 0.2) is 54.6 Å². The molecule has 0 bridgehead atoms. The standard InChI is InChI=1S/C17H13F3NO4S2/c18-17(19,20)27(24,25)21-26(22,23)10-9-16-14-7-3-1-5-12(14)11-13-6-2-4-8-15(13)16/h1-8,11H,9-10H2/q-1. The van der Waals surface area contributed by atoms with Crippen molar-refractivity contribution in [2.75, 3.05) is 5.75 Å². The average molecular weight is 416 g/mol. The normalized spacial score (nSPS) is 13.3.